The average Bonchev–Trinajstić information content (AvgIpc) is 3.37. The summed E-state index contributed by atoms with van der Waals surface area (Å²) in [5, 5.41) is 4.84. The third-order valence-electron chi connectivity index (χ3n) is 5.34. The first kappa shape index (κ1) is 18.1. The minimum atomic E-state index is -0.0516. The van der Waals surface area contributed by atoms with Gasteiger partial charge >= 0.3 is 0 Å². The molecule has 0 unspecified atom stereocenters. The number of likely N-dealkylation sites (tertiary alicyclic amines) is 1. The molecule has 0 aliphatic carbocycles. The average molecular weight is 412 g/mol. The van der Waals surface area contributed by atoms with Gasteiger partial charge in [-0.25, -0.2) is 4.98 Å². The summed E-state index contributed by atoms with van der Waals surface area (Å²) in [6.45, 7) is 2.43. The number of fused-ring (bicyclic) bond motifs is 2. The maximum absolute atomic E-state index is 12.6. The van der Waals surface area contributed by atoms with E-state index in [0.717, 1.165) is 37.3 Å². The van der Waals surface area contributed by atoms with Crippen LogP contribution in [0.15, 0.2) is 40.6 Å². The number of benzene rings is 1. The van der Waals surface area contributed by atoms with Crippen LogP contribution in [0.1, 0.15) is 18.5 Å². The van der Waals surface area contributed by atoms with Gasteiger partial charge in [-0.05, 0) is 38.1 Å². The van der Waals surface area contributed by atoms with Crippen molar-refractivity contribution in [3.05, 3.63) is 51.9 Å². The Kier molecular flexibility index (Phi) is 4.69. The SMILES string of the molecule is O=C(Nc1ccc2c(c1)OCO2)C1CCN(Cc2cc(=O)n3ccsc3n2)CC1. The van der Waals surface area contributed by atoms with Gasteiger partial charge in [0, 0.05) is 41.9 Å². The number of hydrogen-bond acceptors (Lipinski definition) is 7. The van der Waals surface area contributed by atoms with Crippen molar-refractivity contribution >= 4 is 27.9 Å². The summed E-state index contributed by atoms with van der Waals surface area (Å²) in [4.78, 5) is 32.3. The lowest BCUT2D eigenvalue weighted by Gasteiger charge is -2.30. The van der Waals surface area contributed by atoms with E-state index >= 15 is 0 Å². The number of nitrogens with zero attached hydrogens (tertiary/aromatic N) is 3. The van der Waals surface area contributed by atoms with Crippen molar-refractivity contribution in [2.45, 2.75) is 19.4 Å². The van der Waals surface area contributed by atoms with Crippen LogP contribution in [0, 0.1) is 5.92 Å². The maximum Gasteiger partial charge on any atom is 0.258 e. The van der Waals surface area contributed by atoms with Crippen molar-refractivity contribution < 1.29 is 14.3 Å². The van der Waals surface area contributed by atoms with Crippen LogP contribution >= 0.6 is 11.3 Å². The molecule has 1 aromatic carbocycles. The molecule has 9 heteroatoms. The lowest BCUT2D eigenvalue weighted by atomic mass is 9.95. The number of hydrogen-bond donors (Lipinski definition) is 1. The zero-order valence-electron chi connectivity index (χ0n) is 15.7. The van der Waals surface area contributed by atoms with Crippen LogP contribution in [0.2, 0.25) is 0 Å². The van der Waals surface area contributed by atoms with Gasteiger partial charge in [-0.2, -0.15) is 0 Å². The predicted octanol–water partition coefficient (Wildman–Crippen LogP) is 2.34. The highest BCUT2D eigenvalue weighted by molar-refractivity contribution is 7.15. The van der Waals surface area contributed by atoms with E-state index in [1.54, 1.807) is 28.8 Å². The summed E-state index contributed by atoms with van der Waals surface area (Å²) in [6, 6.07) is 7.02. The molecule has 0 atom stereocenters. The van der Waals surface area contributed by atoms with Crippen molar-refractivity contribution in [1.29, 1.82) is 0 Å². The largest absolute Gasteiger partial charge is 0.454 e. The number of rotatable bonds is 4. The van der Waals surface area contributed by atoms with E-state index in [9.17, 15) is 9.59 Å². The van der Waals surface area contributed by atoms with Gasteiger partial charge in [-0.15, -0.1) is 11.3 Å². The van der Waals surface area contributed by atoms with Crippen LogP contribution in [0.4, 0.5) is 5.69 Å². The highest BCUT2D eigenvalue weighted by Gasteiger charge is 2.26. The Balaban J connectivity index is 1.17. The molecule has 1 N–H and O–H groups in total. The minimum Gasteiger partial charge on any atom is -0.454 e. The molecule has 29 heavy (non-hydrogen) atoms. The number of piperidine rings is 1. The lowest BCUT2D eigenvalue weighted by molar-refractivity contribution is -0.121. The van der Waals surface area contributed by atoms with Crippen molar-refractivity contribution in [3.8, 4) is 11.5 Å². The summed E-state index contributed by atoms with van der Waals surface area (Å²) in [7, 11) is 0. The van der Waals surface area contributed by atoms with Gasteiger partial charge in [-0.3, -0.25) is 18.9 Å². The van der Waals surface area contributed by atoms with E-state index in [-0.39, 0.29) is 24.2 Å². The van der Waals surface area contributed by atoms with Crippen LogP contribution in [0.25, 0.3) is 4.96 Å². The van der Waals surface area contributed by atoms with Gasteiger partial charge in [0.1, 0.15) is 0 Å². The standard InChI is InChI=1S/C20H20N4O4S/c25-18-10-15(22-20-24(18)7-8-29-20)11-23-5-3-13(4-6-23)19(26)21-14-1-2-16-17(9-14)28-12-27-16/h1-2,7-10,13H,3-6,11-12H2,(H,21,26). The molecule has 4 heterocycles. The Morgan fingerprint density at radius 3 is 2.90 bits per heavy atom. The number of nitrogens with one attached hydrogen (secondary N) is 1. The summed E-state index contributed by atoms with van der Waals surface area (Å²) in [6.07, 6.45) is 3.29. The van der Waals surface area contributed by atoms with E-state index in [2.05, 4.69) is 15.2 Å². The number of aromatic nitrogens is 2. The Hall–Kier alpha value is -2.91. The number of thiazole rings is 1. The molecule has 1 fully saturated rings. The summed E-state index contributed by atoms with van der Waals surface area (Å²) in [5.74, 6) is 1.35. The topological polar surface area (TPSA) is 85.2 Å². The molecule has 0 bridgehead atoms. The molecular formula is C20H20N4O4S. The van der Waals surface area contributed by atoms with Gasteiger partial charge in [-0.1, -0.05) is 0 Å². The van der Waals surface area contributed by atoms with E-state index < -0.39 is 0 Å². The highest BCUT2D eigenvalue weighted by Crippen LogP contribution is 2.34. The lowest BCUT2D eigenvalue weighted by Crippen LogP contribution is -2.38. The van der Waals surface area contributed by atoms with Crippen molar-refractivity contribution in [3.63, 3.8) is 0 Å². The second kappa shape index (κ2) is 7.49. The molecule has 2 aliphatic rings. The van der Waals surface area contributed by atoms with Gasteiger partial charge in [0.25, 0.3) is 5.56 Å². The van der Waals surface area contributed by atoms with Crippen LogP contribution < -0.4 is 20.3 Å². The smallest absolute Gasteiger partial charge is 0.258 e. The zero-order valence-corrected chi connectivity index (χ0v) is 16.5. The Morgan fingerprint density at radius 2 is 2.03 bits per heavy atom. The monoisotopic (exact) mass is 412 g/mol. The summed E-state index contributed by atoms with van der Waals surface area (Å²) < 4.78 is 12.2. The third kappa shape index (κ3) is 3.70. The fraction of sp³-hybridized carbons (Fsp3) is 0.350. The quantitative estimate of drug-likeness (QED) is 0.708. The molecule has 2 aromatic heterocycles. The molecule has 2 aliphatic heterocycles. The normalized spacial score (nSPS) is 17.0. The molecule has 5 rings (SSSR count). The summed E-state index contributed by atoms with van der Waals surface area (Å²) in [5.41, 5.74) is 1.44. The van der Waals surface area contributed by atoms with Crippen LogP contribution in [0.5, 0.6) is 11.5 Å². The van der Waals surface area contributed by atoms with Gasteiger partial charge < -0.3 is 14.8 Å². The molecule has 0 radical (unpaired) electrons. The predicted molar refractivity (Wildman–Crippen MR) is 109 cm³/mol. The Labute approximate surface area is 170 Å². The maximum atomic E-state index is 12.6. The van der Waals surface area contributed by atoms with Gasteiger partial charge in [0.05, 0.1) is 5.69 Å². The van der Waals surface area contributed by atoms with Crippen LogP contribution in [0.3, 0.4) is 0 Å². The number of carbonyl (C=O) groups excluding carboxylic acids is 1. The van der Waals surface area contributed by atoms with Gasteiger partial charge in [0.15, 0.2) is 16.5 Å². The number of carbonyl (C=O) groups is 1. The Morgan fingerprint density at radius 1 is 1.21 bits per heavy atom. The van der Waals surface area contributed by atoms with Crippen LogP contribution in [-0.2, 0) is 11.3 Å². The van der Waals surface area contributed by atoms with Crippen molar-refractivity contribution in [1.82, 2.24) is 14.3 Å². The number of anilines is 1. The van der Waals surface area contributed by atoms with E-state index in [1.165, 1.54) is 11.3 Å². The zero-order chi connectivity index (χ0) is 19.8. The number of amides is 1. The second-order valence-electron chi connectivity index (χ2n) is 7.25. The Bertz CT molecular complexity index is 1120. The molecule has 0 spiro atoms. The minimum absolute atomic E-state index is 0.0277. The summed E-state index contributed by atoms with van der Waals surface area (Å²) >= 11 is 1.45. The van der Waals surface area contributed by atoms with Crippen molar-refractivity contribution in [2.24, 2.45) is 5.92 Å². The first-order valence-corrected chi connectivity index (χ1v) is 10.4. The van der Waals surface area contributed by atoms with E-state index in [4.69, 9.17) is 9.47 Å². The molecule has 1 saturated heterocycles. The second-order valence-corrected chi connectivity index (χ2v) is 8.12. The van der Waals surface area contributed by atoms with Crippen molar-refractivity contribution in [2.75, 3.05) is 25.2 Å². The molecule has 150 valence electrons. The molecule has 0 saturated carbocycles. The molecule has 8 nitrogen and oxygen atoms in total. The molecular weight excluding hydrogens is 392 g/mol. The van der Waals surface area contributed by atoms with E-state index in [1.807, 2.05) is 11.4 Å². The molecule has 3 aromatic rings. The number of ether oxygens (including phenoxy) is 2. The highest BCUT2D eigenvalue weighted by atomic mass is 32.1. The van der Waals surface area contributed by atoms with Gasteiger partial charge in [0.2, 0.25) is 12.7 Å². The van der Waals surface area contributed by atoms with E-state index in [0.29, 0.717) is 23.0 Å². The first-order valence-electron chi connectivity index (χ1n) is 9.54. The first-order chi connectivity index (χ1) is 14.2. The fourth-order valence-corrected chi connectivity index (χ4v) is 4.51. The van der Waals surface area contributed by atoms with Crippen LogP contribution in [-0.4, -0.2) is 40.1 Å². The molecule has 1 amide bonds. The third-order valence-corrected chi connectivity index (χ3v) is 6.10. The fourth-order valence-electron chi connectivity index (χ4n) is 3.77.